The lowest BCUT2D eigenvalue weighted by atomic mass is 10.2. The molecular weight excluding hydrogens is 337 g/mol. The van der Waals surface area contributed by atoms with Crippen LogP contribution in [0.2, 0.25) is 0 Å². The van der Waals surface area contributed by atoms with Crippen LogP contribution in [0, 0.1) is 0 Å². The van der Waals surface area contributed by atoms with Gasteiger partial charge in [-0.15, -0.1) is 0 Å². The average molecular weight is 359 g/mol. The van der Waals surface area contributed by atoms with Crippen LogP contribution in [0.5, 0.6) is 5.75 Å². The van der Waals surface area contributed by atoms with Crippen molar-refractivity contribution in [2.24, 2.45) is 0 Å². The van der Waals surface area contributed by atoms with Crippen molar-refractivity contribution >= 4 is 6.09 Å². The van der Waals surface area contributed by atoms with Gasteiger partial charge in [0, 0.05) is 30.1 Å². The van der Waals surface area contributed by atoms with E-state index in [1.165, 1.54) is 0 Å². The first-order valence-electron chi connectivity index (χ1n) is 8.12. The molecule has 0 saturated carbocycles. The van der Waals surface area contributed by atoms with Gasteiger partial charge in [-0.2, -0.15) is 0 Å². The number of nitrogens with zero attached hydrogens (tertiary/aromatic N) is 2. The molecule has 1 amide bonds. The van der Waals surface area contributed by atoms with Crippen molar-refractivity contribution in [3.05, 3.63) is 54.6 Å². The Morgan fingerprint density at radius 1 is 1.19 bits per heavy atom. The minimum Gasteiger partial charge on any atom is -0.489 e. The van der Waals surface area contributed by atoms with E-state index < -0.39 is 11.7 Å². The molecule has 0 saturated heterocycles. The monoisotopic (exact) mass is 359 g/mol. The normalized spacial score (nSPS) is 11.8. The summed E-state index contributed by atoms with van der Waals surface area (Å²) in [5.74, 6) is 1.19. The van der Waals surface area contributed by atoms with Gasteiger partial charge < -0.3 is 14.8 Å². The number of benzene rings is 1. The highest BCUT2D eigenvalue weighted by Gasteiger charge is 2.16. The van der Waals surface area contributed by atoms with Gasteiger partial charge in [0.05, 0.1) is 6.33 Å². The summed E-state index contributed by atoms with van der Waals surface area (Å²) in [4.78, 5) is 19.9. The van der Waals surface area contributed by atoms with Crippen molar-refractivity contribution in [1.82, 2.24) is 15.3 Å². The van der Waals surface area contributed by atoms with Crippen LogP contribution in [-0.4, -0.2) is 34.8 Å². The lowest BCUT2D eigenvalue weighted by Crippen LogP contribution is -2.34. The Balaban J connectivity index is 1.84. The third-order valence-corrected chi connectivity index (χ3v) is 3.12. The Labute approximate surface area is 152 Å². The highest BCUT2D eigenvalue weighted by atomic mass is 19.1. The zero-order valence-electron chi connectivity index (χ0n) is 15.0. The molecule has 0 radical (unpaired) electrons. The predicted octanol–water partition coefficient (Wildman–Crippen LogP) is 3.90. The first-order valence-corrected chi connectivity index (χ1v) is 8.12. The summed E-state index contributed by atoms with van der Waals surface area (Å²) in [6, 6.07) is 8.90. The van der Waals surface area contributed by atoms with Crippen molar-refractivity contribution in [2.75, 3.05) is 13.2 Å². The van der Waals surface area contributed by atoms with Gasteiger partial charge in [0.15, 0.2) is 5.82 Å². The number of hydrogen-bond acceptors (Lipinski definition) is 5. The van der Waals surface area contributed by atoms with Crippen molar-refractivity contribution in [1.29, 1.82) is 0 Å². The summed E-state index contributed by atoms with van der Waals surface area (Å²) in [7, 11) is 0. The number of carbonyl (C=O) groups excluding carboxylic acids is 1. The van der Waals surface area contributed by atoms with Gasteiger partial charge in [-0.3, -0.25) is 0 Å². The zero-order valence-corrected chi connectivity index (χ0v) is 15.0. The molecule has 0 fully saturated rings. The van der Waals surface area contributed by atoms with Crippen molar-refractivity contribution in [3.8, 4) is 17.1 Å². The molecule has 0 bridgehead atoms. The Morgan fingerprint density at radius 3 is 2.42 bits per heavy atom. The Bertz CT molecular complexity index is 741. The first-order chi connectivity index (χ1) is 12.4. The van der Waals surface area contributed by atoms with Gasteiger partial charge in [-0.25, -0.2) is 19.2 Å². The summed E-state index contributed by atoms with van der Waals surface area (Å²) in [5.41, 5.74) is 0.529. The smallest absolute Gasteiger partial charge is 0.407 e. The molecule has 2 rings (SSSR count). The maximum Gasteiger partial charge on any atom is 0.407 e. The summed E-state index contributed by atoms with van der Waals surface area (Å²) in [6.07, 6.45) is 3.15. The van der Waals surface area contributed by atoms with E-state index in [9.17, 15) is 9.18 Å². The van der Waals surface area contributed by atoms with Crippen LogP contribution in [0.3, 0.4) is 0 Å². The van der Waals surface area contributed by atoms with Gasteiger partial charge in [-0.05, 0) is 51.1 Å². The van der Waals surface area contributed by atoms with Crippen molar-refractivity contribution in [3.63, 3.8) is 0 Å². The fourth-order valence-electron chi connectivity index (χ4n) is 1.95. The van der Waals surface area contributed by atoms with Crippen LogP contribution < -0.4 is 10.1 Å². The molecule has 2 aromatic rings. The van der Waals surface area contributed by atoms with E-state index in [2.05, 4.69) is 15.3 Å². The van der Waals surface area contributed by atoms with Crippen LogP contribution in [0.25, 0.3) is 11.4 Å². The van der Waals surface area contributed by atoms with Crippen molar-refractivity contribution < 1.29 is 18.7 Å². The molecular formula is C19H22FN3O3. The molecule has 138 valence electrons. The number of hydrogen-bond donors (Lipinski definition) is 1. The highest BCUT2D eigenvalue weighted by molar-refractivity contribution is 5.68. The van der Waals surface area contributed by atoms with E-state index in [0.717, 1.165) is 5.56 Å². The largest absolute Gasteiger partial charge is 0.489 e. The fourth-order valence-corrected chi connectivity index (χ4v) is 1.95. The van der Waals surface area contributed by atoms with Gasteiger partial charge >= 0.3 is 6.09 Å². The van der Waals surface area contributed by atoms with E-state index in [0.29, 0.717) is 17.9 Å². The molecule has 0 unspecified atom stereocenters. The molecule has 1 heterocycles. The van der Waals surface area contributed by atoms with Crippen molar-refractivity contribution in [2.45, 2.75) is 26.4 Å². The molecule has 0 aliphatic heterocycles. The maximum atomic E-state index is 13.0. The van der Waals surface area contributed by atoms with Gasteiger partial charge in [0.2, 0.25) is 0 Å². The maximum absolute atomic E-state index is 13.0. The predicted molar refractivity (Wildman–Crippen MR) is 96.4 cm³/mol. The number of nitrogens with one attached hydrogen (secondary N) is 1. The summed E-state index contributed by atoms with van der Waals surface area (Å²) >= 11 is 0. The Kier molecular flexibility index (Phi) is 6.66. The fraction of sp³-hybridized carbons (Fsp3) is 0.316. The lowest BCUT2D eigenvalue weighted by Gasteiger charge is -2.20. The molecule has 0 atom stereocenters. The van der Waals surface area contributed by atoms with E-state index in [4.69, 9.17) is 9.47 Å². The number of alkyl carbamates (subject to hydrolysis) is 1. The van der Waals surface area contributed by atoms with E-state index in [1.807, 2.05) is 12.1 Å². The summed E-state index contributed by atoms with van der Waals surface area (Å²) in [6.45, 7) is 5.28. The minimum absolute atomic E-state index is 0.00134. The molecule has 1 N–H and O–H groups in total. The van der Waals surface area contributed by atoms with Gasteiger partial charge in [0.25, 0.3) is 0 Å². The number of aromatic nitrogens is 2. The van der Waals surface area contributed by atoms with E-state index in [1.54, 1.807) is 51.4 Å². The topological polar surface area (TPSA) is 73.3 Å². The standard InChI is InChI=1S/C19H22FN3O3/c1-19(2,3)26-18(24)23-12-14(11-20)13-25-16-7-5-15(6-8-16)17-21-9-4-10-22-17/h4-11H,12-13H2,1-3H3,(H,23,24)/b14-11-. The number of rotatable bonds is 6. The molecule has 7 heteroatoms. The average Bonchev–Trinajstić information content (AvgIpc) is 2.61. The molecule has 26 heavy (non-hydrogen) atoms. The second kappa shape index (κ2) is 8.94. The first kappa shape index (κ1) is 19.4. The number of carbonyl (C=O) groups is 1. The zero-order chi connectivity index (χ0) is 19.0. The van der Waals surface area contributed by atoms with Crippen LogP contribution in [-0.2, 0) is 4.74 Å². The summed E-state index contributed by atoms with van der Waals surface area (Å²) in [5, 5.41) is 2.49. The number of halogens is 1. The van der Waals surface area contributed by atoms with Crippen LogP contribution in [0.15, 0.2) is 54.6 Å². The van der Waals surface area contributed by atoms with Crippen LogP contribution in [0.4, 0.5) is 9.18 Å². The van der Waals surface area contributed by atoms with Crippen LogP contribution in [0.1, 0.15) is 20.8 Å². The molecule has 0 spiro atoms. The molecule has 1 aromatic heterocycles. The Hall–Kier alpha value is -2.96. The highest BCUT2D eigenvalue weighted by Crippen LogP contribution is 2.19. The van der Waals surface area contributed by atoms with Crippen LogP contribution >= 0.6 is 0 Å². The minimum atomic E-state index is -0.607. The molecule has 6 nitrogen and oxygen atoms in total. The number of amides is 1. The third kappa shape index (κ3) is 6.51. The third-order valence-electron chi connectivity index (χ3n) is 3.12. The molecule has 1 aromatic carbocycles. The Morgan fingerprint density at radius 2 is 1.85 bits per heavy atom. The lowest BCUT2D eigenvalue weighted by molar-refractivity contribution is 0.0531. The van der Waals surface area contributed by atoms with Gasteiger partial charge in [-0.1, -0.05) is 0 Å². The number of ether oxygens (including phenoxy) is 2. The van der Waals surface area contributed by atoms with E-state index in [-0.39, 0.29) is 18.7 Å². The van der Waals surface area contributed by atoms with Gasteiger partial charge in [0.1, 0.15) is 18.0 Å². The SMILES string of the molecule is CC(C)(C)OC(=O)NC/C(=C/F)COc1ccc(-c2ncccn2)cc1. The molecule has 0 aliphatic rings. The molecule has 0 aliphatic carbocycles. The quantitative estimate of drug-likeness (QED) is 0.847. The second-order valence-corrected chi connectivity index (χ2v) is 6.51. The summed E-state index contributed by atoms with van der Waals surface area (Å²) < 4.78 is 23.6. The second-order valence-electron chi connectivity index (χ2n) is 6.51. The van der Waals surface area contributed by atoms with E-state index >= 15 is 0 Å².